The average molecular weight is 484 g/mol. The predicted octanol–water partition coefficient (Wildman–Crippen LogP) is 3.91. The van der Waals surface area contributed by atoms with Crippen molar-refractivity contribution in [1.82, 2.24) is 14.9 Å². The summed E-state index contributed by atoms with van der Waals surface area (Å²) in [5.74, 6) is 2.07. The summed E-state index contributed by atoms with van der Waals surface area (Å²) in [6.07, 6.45) is 4.72. The molecule has 33 heavy (non-hydrogen) atoms. The molecule has 5 rings (SSSR count). The maximum absolute atomic E-state index is 13.3. The van der Waals surface area contributed by atoms with Gasteiger partial charge in [0.25, 0.3) is 5.56 Å². The van der Waals surface area contributed by atoms with Gasteiger partial charge in [0.05, 0.1) is 11.1 Å². The lowest BCUT2D eigenvalue weighted by atomic mass is 9.89. The molecule has 0 saturated carbocycles. The summed E-state index contributed by atoms with van der Waals surface area (Å²) < 4.78 is 12.3. The van der Waals surface area contributed by atoms with Crippen molar-refractivity contribution >= 4 is 39.2 Å². The Labute approximate surface area is 199 Å². The van der Waals surface area contributed by atoms with Gasteiger partial charge >= 0.3 is 0 Å². The van der Waals surface area contributed by atoms with Gasteiger partial charge in [-0.05, 0) is 48.4 Å². The molecule has 9 heteroatoms. The molecule has 1 amide bonds. The standard InChI is InChI=1S/C24H25N3O4S2/c1-3-8-27-23(29)21-16-6-4-14(2)9-19(16)33-22(21)26-24(27)32-12-20(28)25-11-15-5-7-17-18(10-15)31-13-30-17/h3,5,7,10,14H,1,4,6,8-9,11-13H2,2H3,(H,25,28)/t14-/m1/s1. The fourth-order valence-electron chi connectivity index (χ4n) is 4.24. The van der Waals surface area contributed by atoms with Crippen molar-refractivity contribution in [2.45, 2.75) is 44.4 Å². The lowest BCUT2D eigenvalue weighted by Gasteiger charge is -2.17. The number of aromatic nitrogens is 2. The maximum atomic E-state index is 13.3. The molecule has 0 bridgehead atoms. The van der Waals surface area contributed by atoms with Crippen LogP contribution in [0.5, 0.6) is 11.5 Å². The van der Waals surface area contributed by atoms with Crippen LogP contribution in [0, 0.1) is 5.92 Å². The molecule has 3 aromatic rings. The summed E-state index contributed by atoms with van der Waals surface area (Å²) in [4.78, 5) is 32.7. The molecule has 0 radical (unpaired) electrons. The van der Waals surface area contributed by atoms with Crippen molar-refractivity contribution in [3.63, 3.8) is 0 Å². The van der Waals surface area contributed by atoms with Gasteiger partial charge in [0.2, 0.25) is 12.7 Å². The number of amides is 1. The molecular formula is C24H25N3O4S2. The Bertz CT molecular complexity index is 1300. The number of thioether (sulfide) groups is 1. The number of aryl methyl sites for hydroxylation is 1. The van der Waals surface area contributed by atoms with E-state index < -0.39 is 0 Å². The first-order valence-electron chi connectivity index (χ1n) is 11.0. The van der Waals surface area contributed by atoms with E-state index in [0.717, 1.165) is 35.0 Å². The number of allylic oxidation sites excluding steroid dienone is 1. The molecule has 2 aliphatic rings. The average Bonchev–Trinajstić information content (AvgIpc) is 3.41. The summed E-state index contributed by atoms with van der Waals surface area (Å²) in [7, 11) is 0. The number of thiophene rings is 1. The largest absolute Gasteiger partial charge is 0.454 e. The Morgan fingerprint density at radius 2 is 2.24 bits per heavy atom. The molecule has 0 spiro atoms. The molecular weight excluding hydrogens is 458 g/mol. The molecule has 2 aromatic heterocycles. The van der Waals surface area contributed by atoms with Crippen LogP contribution in [0.2, 0.25) is 0 Å². The Balaban J connectivity index is 1.31. The minimum Gasteiger partial charge on any atom is -0.454 e. The van der Waals surface area contributed by atoms with E-state index in [4.69, 9.17) is 14.5 Å². The van der Waals surface area contributed by atoms with Gasteiger partial charge in [-0.25, -0.2) is 4.98 Å². The molecule has 1 aliphatic carbocycles. The van der Waals surface area contributed by atoms with Crippen LogP contribution in [0.25, 0.3) is 10.2 Å². The van der Waals surface area contributed by atoms with Crippen LogP contribution in [-0.4, -0.2) is 28.0 Å². The van der Waals surface area contributed by atoms with Crippen LogP contribution >= 0.6 is 23.1 Å². The van der Waals surface area contributed by atoms with Crippen molar-refractivity contribution in [2.75, 3.05) is 12.5 Å². The molecule has 1 aromatic carbocycles. The molecule has 7 nitrogen and oxygen atoms in total. The number of nitrogens with one attached hydrogen (secondary N) is 1. The lowest BCUT2D eigenvalue weighted by Crippen LogP contribution is -2.26. The Kier molecular flexibility index (Phi) is 6.16. The van der Waals surface area contributed by atoms with Crippen molar-refractivity contribution in [2.24, 2.45) is 5.92 Å². The molecule has 172 valence electrons. The van der Waals surface area contributed by atoms with Crippen molar-refractivity contribution in [1.29, 1.82) is 0 Å². The Morgan fingerprint density at radius 1 is 1.39 bits per heavy atom. The van der Waals surface area contributed by atoms with Gasteiger partial charge in [0, 0.05) is 18.0 Å². The first-order valence-corrected chi connectivity index (χ1v) is 12.8. The third kappa shape index (κ3) is 4.39. The third-order valence-electron chi connectivity index (χ3n) is 5.95. The van der Waals surface area contributed by atoms with Gasteiger partial charge in [0.1, 0.15) is 4.83 Å². The summed E-state index contributed by atoms with van der Waals surface area (Å²) in [5, 5.41) is 4.22. The summed E-state index contributed by atoms with van der Waals surface area (Å²) >= 11 is 2.90. The SMILES string of the molecule is C=CCn1c(SCC(=O)NCc2ccc3c(c2)OCO3)nc2sc3c(c2c1=O)CC[C@@H](C)C3. The molecule has 3 heterocycles. The number of hydrogen-bond acceptors (Lipinski definition) is 7. The number of hydrogen-bond donors (Lipinski definition) is 1. The number of benzene rings is 1. The summed E-state index contributed by atoms with van der Waals surface area (Å²) in [6.45, 7) is 7.02. The van der Waals surface area contributed by atoms with Crippen LogP contribution in [0.15, 0.2) is 40.8 Å². The second kappa shape index (κ2) is 9.23. The number of nitrogens with zero attached hydrogens (tertiary/aromatic N) is 2. The minimum atomic E-state index is -0.128. The van der Waals surface area contributed by atoms with E-state index in [0.29, 0.717) is 35.7 Å². The normalized spacial score (nSPS) is 16.6. The van der Waals surface area contributed by atoms with Gasteiger partial charge in [-0.15, -0.1) is 17.9 Å². The monoisotopic (exact) mass is 483 g/mol. The first-order chi connectivity index (χ1) is 16.0. The van der Waals surface area contributed by atoms with Gasteiger partial charge < -0.3 is 14.8 Å². The Morgan fingerprint density at radius 3 is 3.09 bits per heavy atom. The molecule has 1 aliphatic heterocycles. The molecule has 1 atom stereocenters. The highest BCUT2D eigenvalue weighted by atomic mass is 32.2. The van der Waals surface area contributed by atoms with E-state index in [1.165, 1.54) is 22.2 Å². The highest BCUT2D eigenvalue weighted by molar-refractivity contribution is 7.99. The molecule has 1 N–H and O–H groups in total. The second-order valence-electron chi connectivity index (χ2n) is 8.38. The van der Waals surface area contributed by atoms with Crippen LogP contribution in [0.1, 0.15) is 29.3 Å². The number of fused-ring (bicyclic) bond motifs is 4. The molecule has 0 fully saturated rings. The fraction of sp³-hybridized carbons (Fsp3) is 0.375. The number of rotatable bonds is 7. The van der Waals surface area contributed by atoms with E-state index in [2.05, 4.69) is 18.8 Å². The van der Waals surface area contributed by atoms with Crippen LogP contribution in [-0.2, 0) is 30.7 Å². The third-order valence-corrected chi connectivity index (χ3v) is 8.08. The van der Waals surface area contributed by atoms with Gasteiger partial charge in [-0.1, -0.05) is 30.8 Å². The summed E-state index contributed by atoms with van der Waals surface area (Å²) in [6, 6.07) is 5.61. The van der Waals surface area contributed by atoms with Crippen LogP contribution in [0.4, 0.5) is 0 Å². The van der Waals surface area contributed by atoms with Crippen molar-refractivity contribution in [3.8, 4) is 11.5 Å². The number of carbonyl (C=O) groups is 1. The highest BCUT2D eigenvalue weighted by Crippen LogP contribution is 2.36. The van der Waals surface area contributed by atoms with E-state index >= 15 is 0 Å². The Hall–Kier alpha value is -2.78. The van der Waals surface area contributed by atoms with Gasteiger partial charge in [-0.3, -0.25) is 14.2 Å². The first kappa shape index (κ1) is 22.0. The molecule has 0 saturated heterocycles. The zero-order valence-corrected chi connectivity index (χ0v) is 20.0. The second-order valence-corrected chi connectivity index (χ2v) is 10.4. The van der Waals surface area contributed by atoms with E-state index in [1.807, 2.05) is 18.2 Å². The molecule has 0 unspecified atom stereocenters. The minimum absolute atomic E-state index is 0.0322. The zero-order valence-electron chi connectivity index (χ0n) is 18.4. The quantitative estimate of drug-likeness (QED) is 0.312. The fourth-order valence-corrected chi connectivity index (χ4v) is 6.50. The van der Waals surface area contributed by atoms with Crippen molar-refractivity contribution < 1.29 is 14.3 Å². The predicted molar refractivity (Wildman–Crippen MR) is 130 cm³/mol. The summed E-state index contributed by atoms with van der Waals surface area (Å²) in [5.41, 5.74) is 2.07. The number of ether oxygens (including phenoxy) is 2. The van der Waals surface area contributed by atoms with Crippen LogP contribution in [0.3, 0.4) is 0 Å². The van der Waals surface area contributed by atoms with Gasteiger partial charge in [0.15, 0.2) is 16.7 Å². The smallest absolute Gasteiger partial charge is 0.263 e. The topological polar surface area (TPSA) is 82.5 Å². The van der Waals surface area contributed by atoms with Crippen LogP contribution < -0.4 is 20.3 Å². The van der Waals surface area contributed by atoms with E-state index in [9.17, 15) is 9.59 Å². The lowest BCUT2D eigenvalue weighted by molar-refractivity contribution is -0.118. The number of carbonyl (C=O) groups excluding carboxylic acids is 1. The van der Waals surface area contributed by atoms with Gasteiger partial charge in [-0.2, -0.15) is 0 Å². The van der Waals surface area contributed by atoms with E-state index in [1.54, 1.807) is 22.0 Å². The highest BCUT2D eigenvalue weighted by Gasteiger charge is 2.24. The maximum Gasteiger partial charge on any atom is 0.263 e. The van der Waals surface area contributed by atoms with E-state index in [-0.39, 0.29) is 24.0 Å². The zero-order chi connectivity index (χ0) is 22.9. The van der Waals surface area contributed by atoms with Crippen molar-refractivity contribution in [3.05, 3.63) is 57.2 Å².